The molecule has 2 aromatic carbocycles. The zero-order valence-corrected chi connectivity index (χ0v) is 28.9. The molecule has 0 aliphatic heterocycles. The fourth-order valence-electron chi connectivity index (χ4n) is 5.31. The van der Waals surface area contributed by atoms with Crippen LogP contribution in [0.5, 0.6) is 5.75 Å². The van der Waals surface area contributed by atoms with E-state index >= 15 is 0 Å². The molecule has 0 bridgehead atoms. The summed E-state index contributed by atoms with van der Waals surface area (Å²) in [6.45, 7) is 10.9. The van der Waals surface area contributed by atoms with Gasteiger partial charge in [-0.05, 0) is 71.4 Å². The van der Waals surface area contributed by atoms with E-state index in [4.69, 9.17) is 29.2 Å². The minimum Gasteiger partial charge on any atom is -0.462 e. The third-order valence-corrected chi connectivity index (χ3v) is 9.27. The average Bonchev–Trinajstić information content (AvgIpc) is 3.42. The smallest absolute Gasteiger partial charge is 0.459 e. The van der Waals surface area contributed by atoms with Crippen molar-refractivity contribution in [2.24, 2.45) is 0 Å². The Morgan fingerprint density at radius 2 is 1.75 bits per heavy atom. The second-order valence-corrected chi connectivity index (χ2v) is 13.7. The van der Waals surface area contributed by atoms with Crippen LogP contribution in [0.4, 0.5) is 19.0 Å². The largest absolute Gasteiger partial charge is 0.462 e. The fraction of sp³-hybridized carbons (Fsp3) is 0.485. The first-order chi connectivity index (χ1) is 22.6. The van der Waals surface area contributed by atoms with Gasteiger partial charge in [0.15, 0.2) is 5.82 Å². The molecule has 0 fully saturated rings. The summed E-state index contributed by atoms with van der Waals surface area (Å²) in [6, 6.07) is 10.0. The topological polar surface area (TPSA) is 140 Å². The number of aromatic nitrogens is 3. The number of hydrogen-bond acceptors (Lipinski definition) is 9. The van der Waals surface area contributed by atoms with Crippen LogP contribution in [-0.2, 0) is 41.7 Å². The first-order valence-corrected chi connectivity index (χ1v) is 17.4. The van der Waals surface area contributed by atoms with E-state index in [0.717, 1.165) is 42.5 Å². The number of nitrogen functional groups attached to an aromatic ring is 1. The molecule has 0 aliphatic rings. The molecule has 0 radical (unpaired) electrons. The van der Waals surface area contributed by atoms with Gasteiger partial charge < -0.3 is 24.3 Å². The third-order valence-electron chi connectivity index (χ3n) is 7.64. The van der Waals surface area contributed by atoms with Crippen molar-refractivity contribution in [1.29, 1.82) is 0 Å². The SMILES string of the molecule is CCCCC(C)(COP(=O)(N[C@@H](C)C(=O)OC(C)C)Oc1ccc(C(F)(F)F)cc1)n1c(COCC)nc2c(N)nc3ccccc3c21. The Kier molecular flexibility index (Phi) is 11.8. The van der Waals surface area contributed by atoms with Gasteiger partial charge in [-0.15, -0.1) is 0 Å². The molecule has 0 spiro atoms. The molecule has 48 heavy (non-hydrogen) atoms. The van der Waals surface area contributed by atoms with Crippen molar-refractivity contribution >= 4 is 41.5 Å². The number of para-hydroxylation sites is 1. The van der Waals surface area contributed by atoms with E-state index < -0.39 is 43.1 Å². The van der Waals surface area contributed by atoms with Crippen molar-refractivity contribution < 1.29 is 41.1 Å². The summed E-state index contributed by atoms with van der Waals surface area (Å²) < 4.78 is 79.2. The minimum atomic E-state index is -4.58. The molecular formula is C33H43F3N5O6P. The van der Waals surface area contributed by atoms with Crippen LogP contribution in [0, 0.1) is 0 Å². The van der Waals surface area contributed by atoms with Crippen molar-refractivity contribution in [3.8, 4) is 5.75 Å². The Labute approximate surface area is 277 Å². The Balaban J connectivity index is 1.81. The average molecular weight is 694 g/mol. The monoisotopic (exact) mass is 693 g/mol. The van der Waals surface area contributed by atoms with Gasteiger partial charge in [0.1, 0.15) is 29.7 Å². The predicted molar refractivity (Wildman–Crippen MR) is 177 cm³/mol. The molecule has 0 amide bonds. The molecule has 0 saturated carbocycles. The van der Waals surface area contributed by atoms with Gasteiger partial charge in [0.2, 0.25) is 0 Å². The summed E-state index contributed by atoms with van der Waals surface area (Å²) in [5.74, 6) is -0.102. The molecule has 2 heterocycles. The number of hydrogen-bond donors (Lipinski definition) is 2. The highest BCUT2D eigenvalue weighted by atomic mass is 31.2. The molecule has 2 unspecified atom stereocenters. The maximum absolute atomic E-state index is 14.5. The maximum atomic E-state index is 14.5. The number of nitrogens with two attached hydrogens (primary N) is 1. The van der Waals surface area contributed by atoms with E-state index in [1.165, 1.54) is 6.92 Å². The summed E-state index contributed by atoms with van der Waals surface area (Å²) in [6.07, 6.45) is -2.95. The molecule has 0 aliphatic carbocycles. The molecule has 2 aromatic heterocycles. The summed E-state index contributed by atoms with van der Waals surface area (Å²) in [5.41, 5.74) is 6.37. The molecule has 4 aromatic rings. The number of esters is 1. The molecular weight excluding hydrogens is 650 g/mol. The fourth-order valence-corrected chi connectivity index (χ4v) is 6.91. The number of pyridine rings is 1. The van der Waals surface area contributed by atoms with Gasteiger partial charge in [-0.3, -0.25) is 9.32 Å². The van der Waals surface area contributed by atoms with Crippen LogP contribution in [0.2, 0.25) is 0 Å². The van der Waals surface area contributed by atoms with Gasteiger partial charge in [-0.25, -0.2) is 14.5 Å². The Morgan fingerprint density at radius 3 is 2.38 bits per heavy atom. The second kappa shape index (κ2) is 15.2. The summed E-state index contributed by atoms with van der Waals surface area (Å²) in [7, 11) is -4.47. The number of anilines is 1. The maximum Gasteiger partial charge on any atom is 0.459 e. The Bertz CT molecular complexity index is 1760. The molecule has 3 atom stereocenters. The van der Waals surface area contributed by atoms with Crippen molar-refractivity contribution in [3.05, 3.63) is 59.9 Å². The number of imidazole rings is 1. The minimum absolute atomic E-state index is 0.136. The quantitative estimate of drug-likeness (QED) is 0.0884. The van der Waals surface area contributed by atoms with Gasteiger partial charge in [-0.2, -0.15) is 18.3 Å². The van der Waals surface area contributed by atoms with Crippen LogP contribution in [0.15, 0.2) is 48.5 Å². The van der Waals surface area contributed by atoms with Crippen molar-refractivity contribution in [1.82, 2.24) is 19.6 Å². The number of benzene rings is 2. The molecule has 15 heteroatoms. The third kappa shape index (κ3) is 8.65. The van der Waals surface area contributed by atoms with Gasteiger partial charge in [0.05, 0.1) is 34.8 Å². The van der Waals surface area contributed by atoms with E-state index in [1.807, 2.05) is 49.6 Å². The number of alkyl halides is 3. The number of nitrogens with zero attached hydrogens (tertiary/aromatic N) is 3. The van der Waals surface area contributed by atoms with Crippen LogP contribution in [0.1, 0.15) is 72.2 Å². The van der Waals surface area contributed by atoms with E-state index in [2.05, 4.69) is 10.1 Å². The summed E-state index contributed by atoms with van der Waals surface area (Å²) >= 11 is 0. The van der Waals surface area contributed by atoms with Gasteiger partial charge in [-0.1, -0.05) is 38.0 Å². The van der Waals surface area contributed by atoms with Crippen LogP contribution < -0.4 is 15.3 Å². The standard InChI is InChI=1S/C33H43F3N5O6P/c1-7-9-18-32(6,41-27(19-44-8-2)39-28-29(41)25-12-10-11-13-26(25)38-30(28)37)20-45-48(43,40-22(5)31(42)46-21(3)4)47-24-16-14-23(15-17-24)33(34,35)36/h10-17,21-22H,7-9,18-20H2,1-6H3,(H2,37,38)(H,40,43)/t22-,32?,48?/m0/s1. The number of fused-ring (bicyclic) bond motifs is 3. The Hall–Kier alpha value is -3.71. The lowest BCUT2D eigenvalue weighted by molar-refractivity contribution is -0.149. The normalized spacial score (nSPS) is 15.4. The second-order valence-electron chi connectivity index (χ2n) is 12.0. The van der Waals surface area contributed by atoms with Gasteiger partial charge in [0, 0.05) is 12.0 Å². The van der Waals surface area contributed by atoms with Crippen LogP contribution in [0.25, 0.3) is 21.9 Å². The predicted octanol–water partition coefficient (Wildman–Crippen LogP) is 7.76. The summed E-state index contributed by atoms with van der Waals surface area (Å²) in [5, 5.41) is 3.41. The number of halogens is 3. The van der Waals surface area contributed by atoms with Crippen molar-refractivity contribution in [2.45, 2.75) is 91.3 Å². The highest BCUT2D eigenvalue weighted by Crippen LogP contribution is 2.48. The van der Waals surface area contributed by atoms with Gasteiger partial charge >= 0.3 is 19.9 Å². The number of carbonyl (C=O) groups is 1. The lowest BCUT2D eigenvalue weighted by Crippen LogP contribution is -2.40. The first-order valence-electron chi connectivity index (χ1n) is 15.8. The molecule has 4 rings (SSSR count). The number of nitrogens with one attached hydrogen (secondary N) is 1. The zero-order valence-electron chi connectivity index (χ0n) is 28.0. The van der Waals surface area contributed by atoms with Crippen molar-refractivity contribution in [2.75, 3.05) is 18.9 Å². The van der Waals surface area contributed by atoms with Crippen molar-refractivity contribution in [3.63, 3.8) is 0 Å². The number of carbonyl (C=O) groups excluding carboxylic acids is 1. The highest BCUT2D eigenvalue weighted by Gasteiger charge is 2.39. The number of rotatable bonds is 16. The van der Waals surface area contributed by atoms with Gasteiger partial charge in [0.25, 0.3) is 0 Å². The Morgan fingerprint density at radius 1 is 1.06 bits per heavy atom. The molecule has 262 valence electrons. The molecule has 0 saturated heterocycles. The number of ether oxygens (including phenoxy) is 2. The van der Waals surface area contributed by atoms with E-state index in [9.17, 15) is 22.5 Å². The van der Waals surface area contributed by atoms with Crippen LogP contribution >= 0.6 is 7.75 Å². The highest BCUT2D eigenvalue weighted by molar-refractivity contribution is 7.52. The van der Waals surface area contributed by atoms with Crippen LogP contribution in [-0.4, -0.2) is 45.9 Å². The van der Waals surface area contributed by atoms with E-state index in [0.29, 0.717) is 35.4 Å². The number of unbranched alkanes of at least 4 members (excludes halogenated alkanes) is 1. The van der Waals surface area contributed by atoms with E-state index in [1.54, 1.807) is 13.8 Å². The summed E-state index contributed by atoms with van der Waals surface area (Å²) in [4.78, 5) is 22.1. The lowest BCUT2D eigenvalue weighted by atomic mass is 9.94. The lowest BCUT2D eigenvalue weighted by Gasteiger charge is -2.35. The van der Waals surface area contributed by atoms with E-state index in [-0.39, 0.29) is 24.8 Å². The zero-order chi connectivity index (χ0) is 35.3. The molecule has 11 nitrogen and oxygen atoms in total. The first kappa shape index (κ1) is 37.1. The van der Waals surface area contributed by atoms with Crippen LogP contribution in [0.3, 0.4) is 0 Å². The molecule has 3 N–H and O–H groups in total.